The molecular weight excluding hydrogens is 915 g/mol. The number of carbonyl (C=O) groups excluding carboxylic acids is 5. The van der Waals surface area contributed by atoms with Crippen molar-refractivity contribution in [1.29, 1.82) is 0 Å². The molecule has 5 amide bonds. The Kier molecular flexibility index (Phi) is 20.2. The van der Waals surface area contributed by atoms with Crippen LogP contribution in [0.1, 0.15) is 56.3 Å². The highest BCUT2D eigenvalue weighted by Gasteiger charge is 2.44. The van der Waals surface area contributed by atoms with E-state index in [4.69, 9.17) is 16.6 Å². The maximum absolute atomic E-state index is 15.2. The summed E-state index contributed by atoms with van der Waals surface area (Å²) >= 11 is 0.624. The van der Waals surface area contributed by atoms with Crippen LogP contribution >= 0.6 is 11.8 Å². The van der Waals surface area contributed by atoms with Crippen molar-refractivity contribution in [1.82, 2.24) is 30.7 Å². The van der Waals surface area contributed by atoms with E-state index in [9.17, 15) is 58.1 Å². The van der Waals surface area contributed by atoms with Gasteiger partial charge in [-0.1, -0.05) is 49.4 Å². The molecule has 3 aromatic rings. The molecule has 0 saturated carbocycles. The molecule has 0 aliphatic heterocycles. The lowest BCUT2D eigenvalue weighted by molar-refractivity contribution is -0.140. The molecule has 4 rings (SSSR count). The molecule has 6 atom stereocenters. The van der Waals surface area contributed by atoms with Gasteiger partial charge in [0.15, 0.2) is 0 Å². The minimum absolute atomic E-state index is 0.00681. The number of halogens is 2. The Hall–Kier alpha value is -6.69. The maximum Gasteiger partial charge on any atom is 0.321 e. The maximum atomic E-state index is 15.2. The van der Waals surface area contributed by atoms with Crippen molar-refractivity contribution in [2.24, 2.45) is 16.9 Å². The highest BCUT2D eigenvalue weighted by Crippen LogP contribution is 2.49. The Morgan fingerprint density at radius 3 is 2.15 bits per heavy atom. The number of carboxylic acids is 3. The number of allylic oxidation sites excluding steroid dienone is 1. The summed E-state index contributed by atoms with van der Waals surface area (Å²) in [5, 5.41) is 45.9. The van der Waals surface area contributed by atoms with E-state index >= 15 is 4.39 Å². The van der Waals surface area contributed by atoms with Gasteiger partial charge in [0.05, 0.1) is 18.6 Å². The first-order chi connectivity index (χ1) is 32.2. The van der Waals surface area contributed by atoms with Gasteiger partial charge in [0.1, 0.15) is 35.6 Å². The monoisotopic (exact) mass is 970 g/mol. The summed E-state index contributed by atoms with van der Waals surface area (Å²) in [6.07, 6.45) is 4.40. The second kappa shape index (κ2) is 25.4. The van der Waals surface area contributed by atoms with Crippen molar-refractivity contribution in [3.8, 4) is 11.1 Å². The van der Waals surface area contributed by atoms with Crippen LogP contribution in [0.25, 0.3) is 11.1 Å². The van der Waals surface area contributed by atoms with Crippen molar-refractivity contribution in [3.63, 3.8) is 0 Å². The van der Waals surface area contributed by atoms with Crippen LogP contribution in [0.4, 0.5) is 8.78 Å². The molecule has 0 fully saturated rings. The number of hydrogen-bond donors (Lipinski definition) is 10. The Balaban J connectivity index is 1.38. The van der Waals surface area contributed by atoms with Gasteiger partial charge in [-0.3, -0.25) is 38.4 Å². The van der Waals surface area contributed by atoms with Gasteiger partial charge in [-0.25, -0.2) is 8.78 Å². The third-order valence-electron chi connectivity index (χ3n) is 11.0. The van der Waals surface area contributed by atoms with Gasteiger partial charge < -0.3 is 62.6 Å². The van der Waals surface area contributed by atoms with E-state index in [0.29, 0.717) is 36.0 Å². The normalized spacial score (nSPS) is 16.2. The molecule has 1 aliphatic rings. The molecule has 1 heterocycles. The average molecular weight is 971 g/mol. The molecule has 0 spiro atoms. The Bertz CT molecular complexity index is 2340. The fourth-order valence-corrected chi connectivity index (χ4v) is 8.31. The van der Waals surface area contributed by atoms with Crippen molar-refractivity contribution < 1.29 is 67.6 Å². The third-order valence-corrected chi connectivity index (χ3v) is 12.3. The molecule has 68 heavy (non-hydrogen) atoms. The number of nitrogens with two attached hydrogens (primary N) is 2. The van der Waals surface area contributed by atoms with Crippen LogP contribution in [0.3, 0.4) is 0 Å². The van der Waals surface area contributed by atoms with Gasteiger partial charge in [-0.2, -0.15) is 0 Å². The van der Waals surface area contributed by atoms with E-state index in [2.05, 4.69) is 21.3 Å². The van der Waals surface area contributed by atoms with Gasteiger partial charge in [0.2, 0.25) is 29.5 Å². The first-order valence-electron chi connectivity index (χ1n) is 21.4. The van der Waals surface area contributed by atoms with E-state index in [1.54, 1.807) is 12.3 Å². The number of thioether (sulfide) groups is 1. The number of amides is 5. The number of nitrogens with zero attached hydrogens (tertiary/aromatic N) is 2. The number of aliphatic carboxylic acids is 3. The molecular formula is C45H56F2N8O12S. The number of nitrogens with one attached hydrogen (secondary N) is 4. The third kappa shape index (κ3) is 15.7. The van der Waals surface area contributed by atoms with Gasteiger partial charge >= 0.3 is 17.9 Å². The summed E-state index contributed by atoms with van der Waals surface area (Å²) in [5.41, 5.74) is 12.8. The van der Waals surface area contributed by atoms with Crippen molar-refractivity contribution in [2.75, 3.05) is 38.5 Å². The van der Waals surface area contributed by atoms with Crippen LogP contribution < -0.4 is 32.7 Å². The van der Waals surface area contributed by atoms with E-state index in [-0.39, 0.29) is 43.8 Å². The molecule has 0 radical (unpaired) electrons. The Labute approximate surface area is 393 Å². The highest BCUT2D eigenvalue weighted by molar-refractivity contribution is 8.00. The van der Waals surface area contributed by atoms with Crippen molar-refractivity contribution in [3.05, 3.63) is 95.8 Å². The fourth-order valence-electron chi connectivity index (χ4n) is 7.32. The number of carbonyl (C=O) groups is 8. The number of aromatic nitrogens is 1. The van der Waals surface area contributed by atoms with Gasteiger partial charge in [0.25, 0.3) is 0 Å². The molecule has 23 heteroatoms. The Morgan fingerprint density at radius 1 is 0.868 bits per heavy atom. The van der Waals surface area contributed by atoms with Crippen molar-refractivity contribution in [2.45, 2.75) is 75.0 Å². The van der Waals surface area contributed by atoms with Crippen LogP contribution in [0, 0.1) is 17.0 Å². The summed E-state index contributed by atoms with van der Waals surface area (Å²) in [4.78, 5) is 100. The van der Waals surface area contributed by atoms with Crippen LogP contribution in [-0.2, 0) is 44.9 Å². The molecule has 1 unspecified atom stereocenters. The first-order valence-corrected chi connectivity index (χ1v) is 22.5. The zero-order chi connectivity index (χ0) is 50.1. The van der Waals surface area contributed by atoms with E-state index in [1.807, 2.05) is 54.0 Å². The molecule has 1 aromatic heterocycles. The number of aliphatic hydroxyl groups excluding tert-OH is 1. The van der Waals surface area contributed by atoms with Crippen LogP contribution in [0.15, 0.2) is 72.9 Å². The minimum atomic E-state index is -1.42. The second-order valence-electron chi connectivity index (χ2n) is 16.3. The van der Waals surface area contributed by atoms with E-state index < -0.39 is 120 Å². The second-order valence-corrected chi connectivity index (χ2v) is 17.5. The molecule has 20 nitrogen and oxygen atoms in total. The molecule has 1 aliphatic carbocycles. The number of hydrogen-bond acceptors (Lipinski definition) is 12. The number of carboxylic acid groups (broad SMARTS) is 3. The highest BCUT2D eigenvalue weighted by atomic mass is 32.2. The molecule has 0 saturated heterocycles. The standard InChI is InChI=1S/C45H56F2N8O12S/c1-45(13-5-14-45)40(34-18-27(29-19-28(46)8-9-30(29)47)23-54(34)22-26-6-3-2-4-7-26)55(38(59)24-56)17-12-31(48)41(62)50-15-16-51-42(63)33(10-11-39(60)61)53-37(58)21-52-36(57)20-35(44(66)67)68-25-32(49)43(64)65/h2-9,13,18-19,23,31-33,35,40,56H,10-12,14-17,20-22,24-25,48-49H2,1H3,(H,50,62)(H,51,63)(H,52,57)(H,53,58)(H,60,61)(H,64,65)(H,66,67)/t31-,32-,33+,35+,40-,45?/m0/s1. The predicted molar refractivity (Wildman–Crippen MR) is 243 cm³/mol. The number of rotatable bonds is 28. The largest absolute Gasteiger partial charge is 0.481 e. The van der Waals surface area contributed by atoms with Gasteiger partial charge in [-0.05, 0) is 49.1 Å². The summed E-state index contributed by atoms with van der Waals surface area (Å²) in [7, 11) is 0. The average Bonchev–Trinajstić information content (AvgIpc) is 3.70. The summed E-state index contributed by atoms with van der Waals surface area (Å²) in [6, 6.07) is 9.39. The van der Waals surface area contributed by atoms with Gasteiger partial charge in [-0.15, -0.1) is 11.8 Å². The fraction of sp³-hybridized carbons (Fsp3) is 0.422. The van der Waals surface area contributed by atoms with Gasteiger partial charge in [0, 0.05) is 73.2 Å². The Morgan fingerprint density at radius 2 is 1.54 bits per heavy atom. The van der Waals surface area contributed by atoms with Crippen LogP contribution in [0.5, 0.6) is 0 Å². The smallest absolute Gasteiger partial charge is 0.321 e. The SMILES string of the molecule is CC1([C@H](c2cc(-c3cc(F)ccc3F)cn2Cc2ccccc2)N(CC[C@H](N)C(=O)NCCNC(=O)[C@@H](CCC(=O)O)NC(=O)CNC(=O)C[C@@H](SC[C@H](N)C(=O)O)C(=O)O)C(=O)CO)C=CC1. The number of aliphatic hydroxyl groups is 1. The van der Waals surface area contributed by atoms with Crippen molar-refractivity contribution >= 4 is 59.2 Å². The van der Waals surface area contributed by atoms with E-state index in [0.717, 1.165) is 23.8 Å². The van der Waals surface area contributed by atoms with Crippen LogP contribution in [0.2, 0.25) is 0 Å². The topological polar surface area (TPSA) is 326 Å². The zero-order valence-electron chi connectivity index (χ0n) is 37.1. The zero-order valence-corrected chi connectivity index (χ0v) is 37.9. The molecule has 368 valence electrons. The molecule has 2 aromatic carbocycles. The lowest BCUT2D eigenvalue weighted by Crippen LogP contribution is -2.51. The predicted octanol–water partition coefficient (Wildman–Crippen LogP) is 0.714. The quantitative estimate of drug-likeness (QED) is 0.0354. The molecule has 0 bridgehead atoms. The minimum Gasteiger partial charge on any atom is -0.481 e. The number of benzene rings is 2. The lowest BCUT2D eigenvalue weighted by Gasteiger charge is -2.46. The molecule has 12 N–H and O–H groups in total. The first kappa shape index (κ1) is 53.9. The van der Waals surface area contributed by atoms with Crippen LogP contribution in [-0.4, -0.2) is 139 Å². The van der Waals surface area contributed by atoms with E-state index in [1.165, 1.54) is 4.90 Å². The summed E-state index contributed by atoms with van der Waals surface area (Å²) in [5.74, 6) is -9.64. The lowest BCUT2D eigenvalue weighted by atomic mass is 9.70. The summed E-state index contributed by atoms with van der Waals surface area (Å²) < 4.78 is 31.4. The summed E-state index contributed by atoms with van der Waals surface area (Å²) in [6.45, 7) is 0.104.